The number of anilines is 1. The van der Waals surface area contributed by atoms with Crippen LogP contribution in [0.4, 0.5) is 10.5 Å². The molecule has 1 saturated heterocycles. The summed E-state index contributed by atoms with van der Waals surface area (Å²) in [6.45, 7) is 1.19. The molecule has 2 fully saturated rings. The first-order valence-corrected chi connectivity index (χ1v) is 8.99. The molecule has 1 aromatic heterocycles. The van der Waals surface area contributed by atoms with Crippen molar-refractivity contribution in [3.05, 3.63) is 24.5 Å². The van der Waals surface area contributed by atoms with E-state index in [0.29, 0.717) is 19.1 Å². The number of nitrogens with one attached hydrogen (secondary N) is 2. The number of pyridine rings is 1. The molecule has 2 heterocycles. The molecule has 1 atom stereocenters. The highest BCUT2D eigenvalue weighted by molar-refractivity contribution is 5.90. The van der Waals surface area contributed by atoms with Crippen LogP contribution < -0.4 is 10.6 Å². The maximum atomic E-state index is 12.5. The third-order valence-electron chi connectivity index (χ3n) is 4.96. The van der Waals surface area contributed by atoms with Gasteiger partial charge in [-0.3, -0.25) is 9.78 Å². The molecular formula is C18H26N4O2. The SMILES string of the molecule is O=C(NC1CCCCC1)C1CCCN(C(=O)Nc2ccncc2)C1. The predicted molar refractivity (Wildman–Crippen MR) is 92.6 cm³/mol. The number of likely N-dealkylation sites (tertiary alicyclic amines) is 1. The van der Waals surface area contributed by atoms with Gasteiger partial charge in [0.2, 0.25) is 5.91 Å². The van der Waals surface area contributed by atoms with Crippen molar-refractivity contribution in [2.45, 2.75) is 51.0 Å². The average molecular weight is 330 g/mol. The summed E-state index contributed by atoms with van der Waals surface area (Å²) in [5.74, 6) is 0.0205. The molecule has 1 aromatic rings. The van der Waals surface area contributed by atoms with Crippen LogP contribution in [0.5, 0.6) is 0 Å². The van der Waals surface area contributed by atoms with Crippen molar-refractivity contribution < 1.29 is 9.59 Å². The van der Waals surface area contributed by atoms with Gasteiger partial charge in [-0.2, -0.15) is 0 Å². The van der Waals surface area contributed by atoms with E-state index < -0.39 is 0 Å². The third-order valence-corrected chi connectivity index (χ3v) is 4.96. The molecule has 3 rings (SSSR count). The lowest BCUT2D eigenvalue weighted by molar-refractivity contribution is -0.127. The number of aromatic nitrogens is 1. The minimum Gasteiger partial charge on any atom is -0.353 e. The number of carbonyl (C=O) groups excluding carboxylic acids is 2. The maximum Gasteiger partial charge on any atom is 0.321 e. The Morgan fingerprint density at radius 1 is 1.04 bits per heavy atom. The van der Waals surface area contributed by atoms with Crippen molar-refractivity contribution in [1.29, 1.82) is 0 Å². The highest BCUT2D eigenvalue weighted by Gasteiger charge is 2.29. The van der Waals surface area contributed by atoms with Gasteiger partial charge >= 0.3 is 6.03 Å². The smallest absolute Gasteiger partial charge is 0.321 e. The summed E-state index contributed by atoms with van der Waals surface area (Å²) < 4.78 is 0. The Kier molecular flexibility index (Phi) is 5.67. The van der Waals surface area contributed by atoms with Crippen molar-refractivity contribution in [2.24, 2.45) is 5.92 Å². The zero-order valence-corrected chi connectivity index (χ0v) is 14.0. The summed E-state index contributed by atoms with van der Waals surface area (Å²) >= 11 is 0. The maximum absolute atomic E-state index is 12.5. The fourth-order valence-corrected chi connectivity index (χ4v) is 3.58. The standard InChI is InChI=1S/C18H26N4O2/c23-17(20-15-6-2-1-3-7-15)14-5-4-12-22(13-14)18(24)21-16-8-10-19-11-9-16/h8-11,14-15H,1-7,12-13H2,(H,20,23)(H,19,21,24). The van der Waals surface area contributed by atoms with E-state index in [2.05, 4.69) is 15.6 Å². The van der Waals surface area contributed by atoms with Gasteiger partial charge < -0.3 is 15.5 Å². The summed E-state index contributed by atoms with van der Waals surface area (Å²) in [4.78, 5) is 30.6. The fourth-order valence-electron chi connectivity index (χ4n) is 3.58. The fraction of sp³-hybridized carbons (Fsp3) is 0.611. The summed E-state index contributed by atoms with van der Waals surface area (Å²) in [6.07, 6.45) is 10.9. The van der Waals surface area contributed by atoms with Gasteiger partial charge in [0, 0.05) is 37.2 Å². The second kappa shape index (κ2) is 8.13. The van der Waals surface area contributed by atoms with Gasteiger partial charge in [0.25, 0.3) is 0 Å². The predicted octanol–water partition coefficient (Wildman–Crippen LogP) is 2.77. The van der Waals surface area contributed by atoms with Gasteiger partial charge in [0.15, 0.2) is 0 Å². The second-order valence-electron chi connectivity index (χ2n) is 6.79. The van der Waals surface area contributed by atoms with E-state index in [1.165, 1.54) is 19.3 Å². The van der Waals surface area contributed by atoms with Crippen LogP contribution in [-0.2, 0) is 4.79 Å². The van der Waals surface area contributed by atoms with E-state index >= 15 is 0 Å². The first-order chi connectivity index (χ1) is 11.7. The van der Waals surface area contributed by atoms with Gasteiger partial charge in [-0.05, 0) is 37.8 Å². The quantitative estimate of drug-likeness (QED) is 0.895. The normalized spacial score (nSPS) is 22.0. The van der Waals surface area contributed by atoms with Gasteiger partial charge in [0.05, 0.1) is 5.92 Å². The van der Waals surface area contributed by atoms with Gasteiger partial charge in [-0.25, -0.2) is 4.79 Å². The van der Waals surface area contributed by atoms with Crippen LogP contribution in [0.3, 0.4) is 0 Å². The monoisotopic (exact) mass is 330 g/mol. The summed E-state index contributed by atoms with van der Waals surface area (Å²) in [5.41, 5.74) is 0.726. The number of urea groups is 1. The molecular weight excluding hydrogens is 304 g/mol. The molecule has 1 aliphatic carbocycles. The largest absolute Gasteiger partial charge is 0.353 e. The van der Waals surface area contributed by atoms with E-state index in [4.69, 9.17) is 0 Å². The number of hydrogen-bond acceptors (Lipinski definition) is 3. The molecule has 24 heavy (non-hydrogen) atoms. The molecule has 6 nitrogen and oxygen atoms in total. The van der Waals surface area contributed by atoms with Crippen LogP contribution in [0, 0.1) is 5.92 Å². The Morgan fingerprint density at radius 3 is 2.54 bits per heavy atom. The number of hydrogen-bond donors (Lipinski definition) is 2. The van der Waals surface area contributed by atoms with E-state index in [1.807, 2.05) is 0 Å². The van der Waals surface area contributed by atoms with Crippen LogP contribution in [-0.4, -0.2) is 41.0 Å². The lowest BCUT2D eigenvalue weighted by Gasteiger charge is -2.33. The molecule has 6 heteroatoms. The van der Waals surface area contributed by atoms with Crippen molar-refractivity contribution >= 4 is 17.6 Å². The summed E-state index contributed by atoms with van der Waals surface area (Å²) in [6, 6.07) is 3.70. The molecule has 0 spiro atoms. The van der Waals surface area contributed by atoms with Crippen LogP contribution >= 0.6 is 0 Å². The molecule has 1 aliphatic heterocycles. The van der Waals surface area contributed by atoms with Gasteiger partial charge in [0.1, 0.15) is 0 Å². The Labute approximate surface area is 143 Å². The van der Waals surface area contributed by atoms with Crippen molar-refractivity contribution in [2.75, 3.05) is 18.4 Å². The molecule has 3 amide bonds. The molecule has 2 N–H and O–H groups in total. The Balaban J connectivity index is 1.51. The highest BCUT2D eigenvalue weighted by Crippen LogP contribution is 2.21. The minimum absolute atomic E-state index is 0.0936. The second-order valence-corrected chi connectivity index (χ2v) is 6.79. The van der Waals surface area contributed by atoms with E-state index in [1.54, 1.807) is 29.4 Å². The number of nitrogens with zero attached hydrogens (tertiary/aromatic N) is 2. The zero-order chi connectivity index (χ0) is 16.8. The van der Waals surface area contributed by atoms with E-state index in [9.17, 15) is 9.59 Å². The topological polar surface area (TPSA) is 74.3 Å². The molecule has 130 valence electrons. The molecule has 0 bridgehead atoms. The number of piperidine rings is 1. The zero-order valence-electron chi connectivity index (χ0n) is 14.0. The van der Waals surface area contributed by atoms with Crippen molar-refractivity contribution in [3.8, 4) is 0 Å². The molecule has 0 radical (unpaired) electrons. The van der Waals surface area contributed by atoms with Crippen LogP contribution in [0.15, 0.2) is 24.5 Å². The highest BCUT2D eigenvalue weighted by atomic mass is 16.2. The van der Waals surface area contributed by atoms with E-state index in [-0.39, 0.29) is 17.9 Å². The van der Waals surface area contributed by atoms with Gasteiger partial charge in [-0.15, -0.1) is 0 Å². The van der Waals surface area contributed by atoms with Crippen molar-refractivity contribution in [1.82, 2.24) is 15.2 Å². The molecule has 0 aromatic carbocycles. The molecule has 1 saturated carbocycles. The number of carbonyl (C=O) groups is 2. The van der Waals surface area contributed by atoms with Gasteiger partial charge in [-0.1, -0.05) is 19.3 Å². The lowest BCUT2D eigenvalue weighted by atomic mass is 9.93. The van der Waals surface area contributed by atoms with Crippen LogP contribution in [0.2, 0.25) is 0 Å². The lowest BCUT2D eigenvalue weighted by Crippen LogP contribution is -2.48. The molecule has 2 aliphatic rings. The Bertz CT molecular complexity index is 557. The van der Waals surface area contributed by atoms with Crippen LogP contribution in [0.25, 0.3) is 0 Å². The Morgan fingerprint density at radius 2 is 1.79 bits per heavy atom. The number of rotatable bonds is 3. The Hall–Kier alpha value is -2.11. The minimum atomic E-state index is -0.142. The first-order valence-electron chi connectivity index (χ1n) is 8.99. The number of amides is 3. The summed E-state index contributed by atoms with van der Waals surface area (Å²) in [5, 5.41) is 6.06. The van der Waals surface area contributed by atoms with Crippen molar-refractivity contribution in [3.63, 3.8) is 0 Å². The van der Waals surface area contributed by atoms with Crippen LogP contribution in [0.1, 0.15) is 44.9 Å². The average Bonchev–Trinajstić information content (AvgIpc) is 2.63. The van der Waals surface area contributed by atoms with E-state index in [0.717, 1.165) is 31.4 Å². The third kappa shape index (κ3) is 4.46. The summed E-state index contributed by atoms with van der Waals surface area (Å²) in [7, 11) is 0. The molecule has 1 unspecified atom stereocenters. The first kappa shape index (κ1) is 16.7.